The maximum Gasteiger partial charge on any atom is 0.245 e. The third-order valence-electron chi connectivity index (χ3n) is 5.54. The third kappa shape index (κ3) is 3.23. The number of piperidine rings is 1. The molecule has 146 valence electrons. The van der Waals surface area contributed by atoms with Gasteiger partial charge in [0.2, 0.25) is 5.91 Å². The zero-order valence-corrected chi connectivity index (χ0v) is 15.9. The van der Waals surface area contributed by atoms with E-state index in [1.54, 1.807) is 10.9 Å². The van der Waals surface area contributed by atoms with Gasteiger partial charge in [0.25, 0.3) is 0 Å². The molecule has 0 bridgehead atoms. The monoisotopic (exact) mass is 379 g/mol. The second-order valence-electron chi connectivity index (χ2n) is 7.39. The molecular weight excluding hydrogens is 354 g/mol. The van der Waals surface area contributed by atoms with Gasteiger partial charge in [-0.05, 0) is 30.5 Å². The molecule has 1 amide bonds. The van der Waals surface area contributed by atoms with Gasteiger partial charge < -0.3 is 20.7 Å². The van der Waals surface area contributed by atoms with Gasteiger partial charge in [-0.3, -0.25) is 9.48 Å². The Labute approximate surface area is 163 Å². The van der Waals surface area contributed by atoms with Crippen LogP contribution in [0.1, 0.15) is 36.1 Å². The predicted octanol–water partition coefficient (Wildman–Crippen LogP) is 2.41. The normalized spacial score (nSPS) is 18.4. The molecule has 1 aliphatic rings. The Morgan fingerprint density at radius 3 is 3.00 bits per heavy atom. The summed E-state index contributed by atoms with van der Waals surface area (Å²) in [6, 6.07) is 5.99. The van der Waals surface area contributed by atoms with Gasteiger partial charge in [0.1, 0.15) is 6.23 Å². The first-order valence-corrected chi connectivity index (χ1v) is 9.47. The van der Waals surface area contributed by atoms with E-state index in [0.717, 1.165) is 47.1 Å². The molecule has 3 aromatic rings. The Morgan fingerprint density at radius 2 is 2.32 bits per heavy atom. The second kappa shape index (κ2) is 7.26. The number of aryl methyl sites for hydroxylation is 1. The lowest BCUT2D eigenvalue weighted by atomic mass is 9.87. The molecule has 0 aliphatic carbocycles. The fourth-order valence-electron chi connectivity index (χ4n) is 4.14. The first-order valence-electron chi connectivity index (χ1n) is 9.47. The highest BCUT2D eigenvalue weighted by molar-refractivity contribution is 5.92. The van der Waals surface area contributed by atoms with E-state index in [0.29, 0.717) is 12.1 Å². The van der Waals surface area contributed by atoms with Gasteiger partial charge in [0.05, 0.1) is 11.7 Å². The molecule has 1 unspecified atom stereocenters. The molecule has 1 fully saturated rings. The summed E-state index contributed by atoms with van der Waals surface area (Å²) < 4.78 is 1.75. The van der Waals surface area contributed by atoms with Gasteiger partial charge in [-0.15, -0.1) is 0 Å². The SMILES string of the molecule is C=CC(=O)N1CCC[C@H](c2ccc(C(N)O)c3[nH]c(-c4cnn(C)c4)cc23)C1. The Balaban J connectivity index is 1.80. The fraction of sp³-hybridized carbons (Fsp3) is 0.333. The van der Waals surface area contributed by atoms with Crippen molar-refractivity contribution in [2.75, 3.05) is 13.1 Å². The van der Waals surface area contributed by atoms with E-state index in [4.69, 9.17) is 5.73 Å². The molecule has 1 saturated heterocycles. The molecule has 2 atom stereocenters. The number of aromatic amines is 1. The minimum atomic E-state index is -1.07. The highest BCUT2D eigenvalue weighted by Gasteiger charge is 2.26. The van der Waals surface area contributed by atoms with Crippen molar-refractivity contribution >= 4 is 16.8 Å². The lowest BCUT2D eigenvalue weighted by Gasteiger charge is -2.33. The van der Waals surface area contributed by atoms with Gasteiger partial charge >= 0.3 is 0 Å². The minimum absolute atomic E-state index is 0.0277. The maximum absolute atomic E-state index is 12.1. The number of hydrogen-bond acceptors (Lipinski definition) is 4. The van der Waals surface area contributed by atoms with Crippen molar-refractivity contribution in [3.8, 4) is 11.3 Å². The molecule has 0 spiro atoms. The summed E-state index contributed by atoms with van der Waals surface area (Å²) in [4.78, 5) is 17.3. The van der Waals surface area contributed by atoms with Crippen LogP contribution in [0.25, 0.3) is 22.2 Å². The number of carbonyl (C=O) groups is 1. The predicted molar refractivity (Wildman–Crippen MR) is 108 cm³/mol. The van der Waals surface area contributed by atoms with E-state index >= 15 is 0 Å². The molecule has 7 heteroatoms. The smallest absolute Gasteiger partial charge is 0.245 e. The van der Waals surface area contributed by atoms with Crippen molar-refractivity contribution in [2.45, 2.75) is 25.0 Å². The molecular formula is C21H25N5O2. The number of carbonyl (C=O) groups excluding carboxylic acids is 1. The molecule has 28 heavy (non-hydrogen) atoms. The van der Waals surface area contributed by atoms with E-state index in [2.05, 4.69) is 22.7 Å². The van der Waals surface area contributed by atoms with Crippen LogP contribution in [0.15, 0.2) is 43.2 Å². The summed E-state index contributed by atoms with van der Waals surface area (Å²) in [6.07, 6.45) is 6.01. The van der Waals surface area contributed by atoms with Crippen molar-refractivity contribution in [3.05, 3.63) is 54.4 Å². The van der Waals surface area contributed by atoms with Gasteiger partial charge in [0.15, 0.2) is 0 Å². The zero-order valence-electron chi connectivity index (χ0n) is 15.9. The average molecular weight is 379 g/mol. The third-order valence-corrected chi connectivity index (χ3v) is 5.54. The molecule has 0 saturated carbocycles. The number of amides is 1. The number of benzene rings is 1. The van der Waals surface area contributed by atoms with Crippen LogP contribution < -0.4 is 5.73 Å². The van der Waals surface area contributed by atoms with Gasteiger partial charge in [-0.25, -0.2) is 0 Å². The number of aromatic nitrogens is 3. The number of aliphatic hydroxyl groups excluding tert-OH is 1. The molecule has 4 N–H and O–H groups in total. The van der Waals surface area contributed by atoms with Crippen LogP contribution in [0.4, 0.5) is 0 Å². The largest absolute Gasteiger partial charge is 0.374 e. The highest BCUT2D eigenvalue weighted by atomic mass is 16.3. The average Bonchev–Trinajstić information content (AvgIpc) is 3.32. The molecule has 3 heterocycles. The lowest BCUT2D eigenvalue weighted by Crippen LogP contribution is -2.38. The molecule has 0 radical (unpaired) electrons. The van der Waals surface area contributed by atoms with E-state index in [9.17, 15) is 9.90 Å². The van der Waals surface area contributed by atoms with Crippen molar-refractivity contribution in [1.29, 1.82) is 0 Å². The Bertz CT molecular complexity index is 1030. The lowest BCUT2D eigenvalue weighted by molar-refractivity contribution is -0.127. The van der Waals surface area contributed by atoms with Gasteiger partial charge in [-0.1, -0.05) is 18.7 Å². The van der Waals surface area contributed by atoms with E-state index in [1.165, 1.54) is 6.08 Å². The highest BCUT2D eigenvalue weighted by Crippen LogP contribution is 2.36. The summed E-state index contributed by atoms with van der Waals surface area (Å²) in [7, 11) is 1.87. The molecule has 4 rings (SSSR count). The van der Waals surface area contributed by atoms with Gasteiger partial charge in [0, 0.05) is 54.5 Å². The first kappa shape index (κ1) is 18.5. The molecule has 2 aromatic heterocycles. The summed E-state index contributed by atoms with van der Waals surface area (Å²) >= 11 is 0. The number of hydrogen-bond donors (Lipinski definition) is 3. The summed E-state index contributed by atoms with van der Waals surface area (Å²) in [5, 5.41) is 15.3. The summed E-state index contributed by atoms with van der Waals surface area (Å²) in [6.45, 7) is 5.03. The number of rotatable bonds is 4. The topological polar surface area (TPSA) is 100 Å². The first-order chi connectivity index (χ1) is 13.5. The number of nitrogens with two attached hydrogens (primary N) is 1. The summed E-state index contributed by atoms with van der Waals surface area (Å²) in [5.74, 6) is 0.196. The number of aliphatic hydroxyl groups is 1. The van der Waals surface area contributed by atoms with E-state index in [1.807, 2.05) is 30.3 Å². The Morgan fingerprint density at radius 1 is 1.50 bits per heavy atom. The number of likely N-dealkylation sites (tertiary alicyclic amines) is 1. The quantitative estimate of drug-likeness (QED) is 0.479. The number of fused-ring (bicyclic) bond motifs is 1. The standard InChI is InChI=1S/C21H25N5O2/c1-3-19(27)26-8-4-5-13(12-26)15-6-7-16(21(22)28)20-17(15)9-18(24-20)14-10-23-25(2)11-14/h3,6-7,9-11,13,21,24,28H,1,4-5,8,12,22H2,2H3/t13-,21?/m0/s1. The van der Waals surface area contributed by atoms with Crippen LogP contribution >= 0.6 is 0 Å². The maximum atomic E-state index is 12.1. The minimum Gasteiger partial charge on any atom is -0.374 e. The summed E-state index contributed by atoms with van der Waals surface area (Å²) in [5.41, 5.74) is 10.3. The van der Waals surface area contributed by atoms with Crippen LogP contribution in [0.2, 0.25) is 0 Å². The van der Waals surface area contributed by atoms with Crippen molar-refractivity contribution < 1.29 is 9.90 Å². The van der Waals surface area contributed by atoms with E-state index < -0.39 is 6.23 Å². The molecule has 1 aromatic carbocycles. The Hall–Kier alpha value is -2.90. The van der Waals surface area contributed by atoms with Crippen LogP contribution in [0.5, 0.6) is 0 Å². The number of nitrogens with zero attached hydrogens (tertiary/aromatic N) is 3. The van der Waals surface area contributed by atoms with Crippen molar-refractivity contribution in [1.82, 2.24) is 19.7 Å². The fourth-order valence-corrected chi connectivity index (χ4v) is 4.14. The number of H-pyrrole nitrogens is 1. The molecule has 1 aliphatic heterocycles. The van der Waals surface area contributed by atoms with Crippen LogP contribution in [-0.2, 0) is 11.8 Å². The van der Waals surface area contributed by atoms with Crippen LogP contribution in [0, 0.1) is 0 Å². The van der Waals surface area contributed by atoms with Crippen LogP contribution in [-0.4, -0.2) is 43.8 Å². The van der Waals surface area contributed by atoms with Crippen molar-refractivity contribution in [3.63, 3.8) is 0 Å². The molecule has 7 nitrogen and oxygen atoms in total. The second-order valence-corrected chi connectivity index (χ2v) is 7.39. The number of nitrogens with one attached hydrogen (secondary N) is 1. The van der Waals surface area contributed by atoms with Crippen LogP contribution in [0.3, 0.4) is 0 Å². The van der Waals surface area contributed by atoms with Gasteiger partial charge in [-0.2, -0.15) is 5.10 Å². The Kier molecular flexibility index (Phi) is 4.78. The van der Waals surface area contributed by atoms with Crippen molar-refractivity contribution in [2.24, 2.45) is 12.8 Å². The zero-order chi connectivity index (χ0) is 19.8. The van der Waals surface area contributed by atoms with E-state index in [-0.39, 0.29) is 11.8 Å².